The third-order valence-electron chi connectivity index (χ3n) is 4.36. The van der Waals surface area contributed by atoms with Gasteiger partial charge in [0, 0.05) is 41.8 Å². The molecule has 0 radical (unpaired) electrons. The Morgan fingerprint density at radius 2 is 2.26 bits per heavy atom. The topological polar surface area (TPSA) is 102 Å². The zero-order valence-corrected chi connectivity index (χ0v) is 17.2. The number of piperidine rings is 1. The van der Waals surface area contributed by atoms with E-state index in [1.807, 2.05) is 12.3 Å². The monoisotopic (exact) mass is 428 g/mol. The van der Waals surface area contributed by atoms with Gasteiger partial charge in [0.05, 0.1) is 9.82 Å². The molecule has 0 bridgehead atoms. The number of aromatic nitrogens is 1. The van der Waals surface area contributed by atoms with Crippen LogP contribution in [0.2, 0.25) is 0 Å². The predicted octanol–water partition coefficient (Wildman–Crippen LogP) is 3.89. The van der Waals surface area contributed by atoms with Crippen LogP contribution >= 0.6 is 35.5 Å². The van der Waals surface area contributed by atoms with Crippen molar-refractivity contribution < 1.29 is 9.72 Å². The highest BCUT2D eigenvalue weighted by atomic mass is 35.5. The molecule has 0 aliphatic carbocycles. The lowest BCUT2D eigenvalue weighted by Crippen LogP contribution is -2.47. The Morgan fingerprint density at radius 3 is 2.89 bits per heavy atom. The zero-order chi connectivity index (χ0) is 18.7. The average Bonchev–Trinajstić information content (AvgIpc) is 3.06. The summed E-state index contributed by atoms with van der Waals surface area (Å²) in [5.41, 5.74) is 6.92. The molecule has 10 heteroatoms. The molecule has 2 N–H and O–H groups in total. The number of nitrogens with zero attached hydrogens (tertiary/aromatic N) is 3. The standard InChI is InChI=1S/C17H20N4O3S2.ClH/c1-11-10-25-17(19-11)26-15-6-5-12(8-14(15)21(23)24)16(22)20-7-3-2-4-13(20)9-18;/h5-6,8,10,13H,2-4,7,9,18H2,1H3;1H. The molecule has 27 heavy (non-hydrogen) atoms. The first-order valence-corrected chi connectivity index (χ1v) is 10.1. The summed E-state index contributed by atoms with van der Waals surface area (Å²) < 4.78 is 0.740. The minimum absolute atomic E-state index is 0. The number of carbonyl (C=O) groups is 1. The Morgan fingerprint density at radius 1 is 1.48 bits per heavy atom. The minimum Gasteiger partial charge on any atom is -0.334 e. The van der Waals surface area contributed by atoms with Crippen LogP contribution in [0.1, 0.15) is 35.3 Å². The van der Waals surface area contributed by atoms with Crippen LogP contribution in [-0.2, 0) is 0 Å². The fourth-order valence-corrected chi connectivity index (χ4v) is 4.91. The van der Waals surface area contributed by atoms with Gasteiger partial charge >= 0.3 is 0 Å². The second-order valence-electron chi connectivity index (χ2n) is 6.18. The number of hydrogen-bond acceptors (Lipinski definition) is 7. The van der Waals surface area contributed by atoms with Gasteiger partial charge < -0.3 is 10.6 Å². The van der Waals surface area contributed by atoms with Crippen molar-refractivity contribution in [2.24, 2.45) is 5.73 Å². The Hall–Kier alpha value is -1.68. The van der Waals surface area contributed by atoms with Crippen LogP contribution < -0.4 is 5.73 Å². The van der Waals surface area contributed by atoms with Crippen LogP contribution in [0.5, 0.6) is 0 Å². The number of thiazole rings is 1. The molecule has 1 atom stereocenters. The Balaban J connectivity index is 0.00000261. The van der Waals surface area contributed by atoms with Crippen molar-refractivity contribution in [3.8, 4) is 0 Å². The number of nitro benzene ring substituents is 1. The lowest BCUT2D eigenvalue weighted by Gasteiger charge is -2.35. The quantitative estimate of drug-likeness (QED) is 0.572. The van der Waals surface area contributed by atoms with E-state index >= 15 is 0 Å². The fourth-order valence-electron chi connectivity index (χ4n) is 3.03. The number of likely N-dealkylation sites (tertiary alicyclic amines) is 1. The minimum atomic E-state index is -0.448. The molecule has 3 rings (SSSR count). The van der Waals surface area contributed by atoms with Gasteiger partial charge in [-0.05, 0) is 38.3 Å². The molecule has 1 fully saturated rings. The Bertz CT molecular complexity index is 830. The van der Waals surface area contributed by atoms with E-state index in [-0.39, 0.29) is 30.0 Å². The van der Waals surface area contributed by atoms with E-state index in [4.69, 9.17) is 5.73 Å². The van der Waals surface area contributed by atoms with E-state index in [0.717, 1.165) is 29.3 Å². The van der Waals surface area contributed by atoms with Crippen LogP contribution in [0.25, 0.3) is 0 Å². The van der Waals surface area contributed by atoms with Gasteiger partial charge in [-0.3, -0.25) is 14.9 Å². The second-order valence-corrected chi connectivity index (χ2v) is 8.33. The summed E-state index contributed by atoms with van der Waals surface area (Å²) in [6.45, 7) is 2.93. The molecule has 2 aromatic rings. The van der Waals surface area contributed by atoms with Crippen molar-refractivity contribution in [2.45, 2.75) is 41.5 Å². The van der Waals surface area contributed by atoms with Crippen molar-refractivity contribution in [3.63, 3.8) is 0 Å². The van der Waals surface area contributed by atoms with Crippen molar-refractivity contribution >= 4 is 47.1 Å². The van der Waals surface area contributed by atoms with Crippen molar-refractivity contribution in [3.05, 3.63) is 45.0 Å². The number of rotatable bonds is 5. The summed E-state index contributed by atoms with van der Waals surface area (Å²) in [5, 5.41) is 13.4. The smallest absolute Gasteiger partial charge is 0.284 e. The molecule has 1 aromatic carbocycles. The number of amides is 1. The molecule has 1 saturated heterocycles. The molecule has 0 saturated carbocycles. The lowest BCUT2D eigenvalue weighted by atomic mass is 10.0. The van der Waals surface area contributed by atoms with Crippen LogP contribution in [0.3, 0.4) is 0 Å². The maximum Gasteiger partial charge on any atom is 0.284 e. The highest BCUT2D eigenvalue weighted by Crippen LogP contribution is 2.37. The van der Waals surface area contributed by atoms with Gasteiger partial charge in [-0.15, -0.1) is 23.7 Å². The van der Waals surface area contributed by atoms with Crippen molar-refractivity contribution in [1.82, 2.24) is 9.88 Å². The maximum atomic E-state index is 12.8. The molecule has 0 spiro atoms. The predicted molar refractivity (Wildman–Crippen MR) is 109 cm³/mol. The maximum absolute atomic E-state index is 12.8. The molecule has 1 aliphatic rings. The van der Waals surface area contributed by atoms with Gasteiger partial charge in [0.2, 0.25) is 0 Å². The zero-order valence-electron chi connectivity index (χ0n) is 14.8. The first-order valence-electron chi connectivity index (χ1n) is 8.39. The molecule has 146 valence electrons. The highest BCUT2D eigenvalue weighted by Gasteiger charge is 2.28. The van der Waals surface area contributed by atoms with E-state index in [1.165, 1.54) is 29.2 Å². The molecule has 1 unspecified atom stereocenters. The van der Waals surface area contributed by atoms with Gasteiger partial charge in [0.25, 0.3) is 11.6 Å². The Kier molecular flexibility index (Phi) is 7.60. The van der Waals surface area contributed by atoms with Gasteiger partial charge in [-0.2, -0.15) is 0 Å². The highest BCUT2D eigenvalue weighted by molar-refractivity contribution is 8.01. The molecular weight excluding hydrogens is 408 g/mol. The number of nitro groups is 1. The largest absolute Gasteiger partial charge is 0.334 e. The summed E-state index contributed by atoms with van der Waals surface area (Å²) >= 11 is 2.69. The van der Waals surface area contributed by atoms with Crippen LogP contribution in [0.15, 0.2) is 32.8 Å². The fraction of sp³-hybridized carbons (Fsp3) is 0.412. The summed E-state index contributed by atoms with van der Waals surface area (Å²) in [5.74, 6) is -0.190. The van der Waals surface area contributed by atoms with Crippen LogP contribution in [-0.4, -0.2) is 39.8 Å². The van der Waals surface area contributed by atoms with Gasteiger partial charge in [0.15, 0.2) is 4.34 Å². The number of halogens is 1. The summed E-state index contributed by atoms with van der Waals surface area (Å²) in [4.78, 5) is 30.5. The van der Waals surface area contributed by atoms with E-state index in [1.54, 1.807) is 17.0 Å². The van der Waals surface area contributed by atoms with Gasteiger partial charge in [-0.25, -0.2) is 4.98 Å². The van der Waals surface area contributed by atoms with Crippen LogP contribution in [0, 0.1) is 17.0 Å². The van der Waals surface area contributed by atoms with Gasteiger partial charge in [-0.1, -0.05) is 11.8 Å². The Labute approximate surface area is 171 Å². The number of aryl methyl sites for hydroxylation is 1. The molecule has 1 aliphatic heterocycles. The third-order valence-corrected chi connectivity index (χ3v) is 6.48. The summed E-state index contributed by atoms with van der Waals surface area (Å²) in [7, 11) is 0. The first-order chi connectivity index (χ1) is 12.5. The molecular formula is C17H21ClN4O3S2. The third kappa shape index (κ3) is 4.98. The van der Waals surface area contributed by atoms with Crippen molar-refractivity contribution in [1.29, 1.82) is 0 Å². The molecule has 7 nitrogen and oxygen atoms in total. The number of nitrogens with two attached hydrogens (primary N) is 1. The summed E-state index contributed by atoms with van der Waals surface area (Å²) in [6, 6.07) is 4.66. The molecule has 1 aromatic heterocycles. The SMILES string of the molecule is Cc1csc(Sc2ccc(C(=O)N3CCCCC3CN)cc2[N+](=O)[O-])n1.Cl. The van der Waals surface area contributed by atoms with E-state index in [9.17, 15) is 14.9 Å². The first kappa shape index (κ1) is 21.6. The lowest BCUT2D eigenvalue weighted by molar-refractivity contribution is -0.387. The van der Waals surface area contributed by atoms with Gasteiger partial charge in [0.1, 0.15) is 0 Å². The van der Waals surface area contributed by atoms with E-state index in [0.29, 0.717) is 23.5 Å². The number of carbonyl (C=O) groups excluding carboxylic acids is 1. The normalized spacial score (nSPS) is 16.7. The van der Waals surface area contributed by atoms with Crippen LogP contribution in [0.4, 0.5) is 5.69 Å². The molecule has 1 amide bonds. The van der Waals surface area contributed by atoms with Crippen molar-refractivity contribution in [2.75, 3.05) is 13.1 Å². The average molecular weight is 429 g/mol. The van der Waals surface area contributed by atoms with E-state index < -0.39 is 4.92 Å². The summed E-state index contributed by atoms with van der Waals surface area (Å²) in [6.07, 6.45) is 2.86. The second kappa shape index (κ2) is 9.50. The molecule has 2 heterocycles. The van der Waals surface area contributed by atoms with E-state index in [2.05, 4.69) is 4.98 Å². The number of hydrogen-bond donors (Lipinski definition) is 1. The number of benzene rings is 1.